The van der Waals surface area contributed by atoms with Gasteiger partial charge in [-0.3, -0.25) is 0 Å². The molecule has 0 amide bonds. The minimum atomic E-state index is 0.779. The topological polar surface area (TPSA) is 32.8 Å². The molecule has 0 unspecified atom stereocenters. The van der Waals surface area contributed by atoms with Crippen LogP contribution in [0, 0.1) is 6.92 Å². The van der Waals surface area contributed by atoms with Crippen molar-refractivity contribution >= 4 is 99.5 Å². The third-order valence-corrected chi connectivity index (χ3v) is 10.8. The van der Waals surface area contributed by atoms with Gasteiger partial charge in [-0.25, -0.2) is 0 Å². The van der Waals surface area contributed by atoms with Gasteiger partial charge in [-0.1, -0.05) is 84.9 Å². The first-order valence-corrected chi connectivity index (χ1v) is 18.7. The minimum absolute atomic E-state index is 0.779. The molecule has 9 aromatic carbocycles. The molecule has 2 heterocycles. The Morgan fingerprint density at radius 2 is 0.745 bits per heavy atom. The first-order valence-electron chi connectivity index (χ1n) is 18.7. The van der Waals surface area contributed by atoms with Gasteiger partial charge in [0.05, 0.1) is 0 Å². The summed E-state index contributed by atoms with van der Waals surface area (Å²) in [6, 6.07) is 66.5. The SMILES string of the molecule is Cc1cc2c3cc4ccc(N(c5ccccc5)c5ccccc5)cc4cc3oc2c2oc3cc4cc(N(c5ccccc5)c5ccccc5)ccc4cc3c12. The summed E-state index contributed by atoms with van der Waals surface area (Å²) in [4.78, 5) is 4.58. The first kappa shape index (κ1) is 31.2. The summed E-state index contributed by atoms with van der Waals surface area (Å²) < 4.78 is 13.5. The van der Waals surface area contributed by atoms with Crippen molar-refractivity contribution < 1.29 is 8.83 Å². The summed E-state index contributed by atoms with van der Waals surface area (Å²) in [5.74, 6) is 0. The van der Waals surface area contributed by atoms with Gasteiger partial charge in [-0.2, -0.15) is 0 Å². The molecule has 0 atom stereocenters. The largest absolute Gasteiger partial charge is 0.452 e. The van der Waals surface area contributed by atoms with Crippen LogP contribution < -0.4 is 9.80 Å². The van der Waals surface area contributed by atoms with E-state index in [2.05, 4.69) is 205 Å². The molecule has 0 bridgehead atoms. The Kier molecular flexibility index (Phi) is 7.04. The molecule has 260 valence electrons. The molecule has 0 aliphatic rings. The number of furan rings is 2. The first-order chi connectivity index (χ1) is 27.2. The number of hydrogen-bond acceptors (Lipinski definition) is 4. The molecule has 11 aromatic rings. The average molecular weight is 707 g/mol. The van der Waals surface area contributed by atoms with E-state index in [4.69, 9.17) is 8.83 Å². The average Bonchev–Trinajstić information content (AvgIpc) is 3.79. The van der Waals surface area contributed by atoms with Gasteiger partial charge in [-0.15, -0.1) is 0 Å². The van der Waals surface area contributed by atoms with Crippen LogP contribution in [0.5, 0.6) is 0 Å². The van der Waals surface area contributed by atoms with Crippen molar-refractivity contribution in [1.82, 2.24) is 0 Å². The third-order valence-electron chi connectivity index (χ3n) is 10.8. The van der Waals surface area contributed by atoms with Gasteiger partial charge < -0.3 is 18.6 Å². The molecule has 55 heavy (non-hydrogen) atoms. The molecule has 0 spiro atoms. The van der Waals surface area contributed by atoms with Crippen molar-refractivity contribution in [2.24, 2.45) is 0 Å². The second kappa shape index (κ2) is 12.4. The zero-order chi connectivity index (χ0) is 36.5. The molecule has 0 aliphatic heterocycles. The number of hydrogen-bond donors (Lipinski definition) is 0. The van der Waals surface area contributed by atoms with Crippen LogP contribution in [0.25, 0.3) is 65.4 Å². The maximum atomic E-state index is 6.79. The number of nitrogens with zero attached hydrogens (tertiary/aromatic N) is 2. The third kappa shape index (κ3) is 5.14. The van der Waals surface area contributed by atoms with Gasteiger partial charge in [0.2, 0.25) is 0 Å². The molecule has 11 rings (SSSR count). The van der Waals surface area contributed by atoms with E-state index in [1.807, 2.05) is 0 Å². The van der Waals surface area contributed by atoms with Gasteiger partial charge in [0, 0.05) is 55.7 Å². The highest BCUT2D eigenvalue weighted by Crippen LogP contribution is 2.44. The van der Waals surface area contributed by atoms with Gasteiger partial charge in [0.15, 0.2) is 11.2 Å². The molecule has 0 aliphatic carbocycles. The van der Waals surface area contributed by atoms with Crippen LogP contribution >= 0.6 is 0 Å². The van der Waals surface area contributed by atoms with E-state index in [-0.39, 0.29) is 0 Å². The van der Waals surface area contributed by atoms with Crippen molar-refractivity contribution in [3.63, 3.8) is 0 Å². The van der Waals surface area contributed by atoms with E-state index in [0.717, 1.165) is 105 Å². The van der Waals surface area contributed by atoms with E-state index in [1.165, 1.54) is 0 Å². The Labute approximate surface area is 317 Å². The van der Waals surface area contributed by atoms with Crippen molar-refractivity contribution in [2.75, 3.05) is 9.80 Å². The van der Waals surface area contributed by atoms with Gasteiger partial charge in [0.1, 0.15) is 11.2 Å². The van der Waals surface area contributed by atoms with E-state index in [9.17, 15) is 0 Å². The zero-order valence-electron chi connectivity index (χ0n) is 30.1. The normalized spacial score (nSPS) is 11.7. The summed E-state index contributed by atoms with van der Waals surface area (Å²) in [7, 11) is 0. The molecule has 0 saturated heterocycles. The summed E-state index contributed by atoms with van der Waals surface area (Å²) in [5, 5.41) is 8.87. The lowest BCUT2D eigenvalue weighted by molar-refractivity contribution is 0.633. The molecule has 4 nitrogen and oxygen atoms in total. The fraction of sp³-hybridized carbons (Fsp3) is 0.0196. The standard InChI is InChI=1S/C51H34N2O2/c1-33-26-45-44-29-34-22-24-42(52(38-14-6-2-7-15-38)39-16-8-3-9-17-39)27-36(34)31-47(44)54-50(45)51-49(33)46-30-35-23-25-43(28-37(35)32-48(46)55-51)53(40-18-10-4-11-19-40)41-20-12-5-13-21-41/h2-32H,1H3. The summed E-state index contributed by atoms with van der Waals surface area (Å²) >= 11 is 0. The van der Waals surface area contributed by atoms with E-state index >= 15 is 0 Å². The molecular formula is C51H34N2O2. The van der Waals surface area contributed by atoms with Crippen LogP contribution in [0.1, 0.15) is 5.56 Å². The minimum Gasteiger partial charge on any atom is -0.452 e. The molecule has 0 fully saturated rings. The van der Waals surface area contributed by atoms with Crippen molar-refractivity contribution in [3.8, 4) is 0 Å². The molecule has 0 radical (unpaired) electrons. The zero-order valence-corrected chi connectivity index (χ0v) is 30.1. The fourth-order valence-corrected chi connectivity index (χ4v) is 8.31. The van der Waals surface area contributed by atoms with E-state index < -0.39 is 0 Å². The van der Waals surface area contributed by atoms with Crippen molar-refractivity contribution in [1.29, 1.82) is 0 Å². The van der Waals surface area contributed by atoms with Gasteiger partial charge >= 0.3 is 0 Å². The highest BCUT2D eigenvalue weighted by atomic mass is 16.4. The summed E-state index contributed by atoms with van der Waals surface area (Å²) in [5.41, 5.74) is 11.0. The number of aryl methyl sites for hydroxylation is 1. The molecule has 0 N–H and O–H groups in total. The van der Waals surface area contributed by atoms with Crippen LogP contribution in [0.4, 0.5) is 34.1 Å². The lowest BCUT2D eigenvalue weighted by Gasteiger charge is -2.25. The van der Waals surface area contributed by atoms with Crippen LogP contribution in [0.15, 0.2) is 197 Å². The van der Waals surface area contributed by atoms with Crippen LogP contribution in [0.2, 0.25) is 0 Å². The van der Waals surface area contributed by atoms with Crippen LogP contribution in [0.3, 0.4) is 0 Å². The van der Waals surface area contributed by atoms with Crippen molar-refractivity contribution in [3.05, 3.63) is 194 Å². The highest BCUT2D eigenvalue weighted by Gasteiger charge is 2.21. The number of benzene rings is 9. The number of fused-ring (bicyclic) bond motifs is 9. The smallest absolute Gasteiger partial charge is 0.178 e. The predicted octanol–water partition coefficient (Wildman–Crippen LogP) is 15.0. The highest BCUT2D eigenvalue weighted by molar-refractivity contribution is 6.22. The molecule has 4 heteroatoms. The Hall–Kier alpha value is -7.30. The lowest BCUT2D eigenvalue weighted by Crippen LogP contribution is -2.09. The second-order valence-corrected chi connectivity index (χ2v) is 14.3. The number of anilines is 6. The summed E-state index contributed by atoms with van der Waals surface area (Å²) in [6.07, 6.45) is 0. The Morgan fingerprint density at radius 1 is 0.327 bits per heavy atom. The van der Waals surface area contributed by atoms with E-state index in [1.54, 1.807) is 0 Å². The van der Waals surface area contributed by atoms with Crippen molar-refractivity contribution in [2.45, 2.75) is 6.92 Å². The monoisotopic (exact) mass is 706 g/mol. The maximum Gasteiger partial charge on any atom is 0.178 e. The number of para-hydroxylation sites is 4. The molecular weight excluding hydrogens is 673 g/mol. The van der Waals surface area contributed by atoms with Gasteiger partial charge in [-0.05, 0) is 137 Å². The molecule has 0 saturated carbocycles. The Balaban J connectivity index is 1.05. The maximum absolute atomic E-state index is 6.79. The molecule has 2 aromatic heterocycles. The number of rotatable bonds is 6. The Bertz CT molecular complexity index is 3130. The quantitative estimate of drug-likeness (QED) is 0.172. The van der Waals surface area contributed by atoms with Crippen LogP contribution in [-0.2, 0) is 0 Å². The second-order valence-electron chi connectivity index (χ2n) is 14.3. The summed E-state index contributed by atoms with van der Waals surface area (Å²) in [6.45, 7) is 2.18. The Morgan fingerprint density at radius 3 is 1.22 bits per heavy atom. The fourth-order valence-electron chi connectivity index (χ4n) is 8.31. The van der Waals surface area contributed by atoms with E-state index in [0.29, 0.717) is 0 Å². The lowest BCUT2D eigenvalue weighted by atomic mass is 10.00. The van der Waals surface area contributed by atoms with Crippen LogP contribution in [-0.4, -0.2) is 0 Å². The van der Waals surface area contributed by atoms with Gasteiger partial charge in [0.25, 0.3) is 0 Å². The predicted molar refractivity (Wildman–Crippen MR) is 230 cm³/mol.